The first kappa shape index (κ1) is 8.57. The van der Waals surface area contributed by atoms with Gasteiger partial charge in [-0.2, -0.15) is 0 Å². The number of hydrogen-bond acceptors (Lipinski definition) is 2. The van der Waals surface area contributed by atoms with Crippen molar-refractivity contribution in [1.82, 2.24) is 0 Å². The van der Waals surface area contributed by atoms with Crippen LogP contribution in [-0.4, -0.2) is 6.54 Å². The Morgan fingerprint density at radius 2 is 2.15 bits per heavy atom. The molecule has 0 fully saturated rings. The molecule has 0 unspecified atom stereocenters. The van der Waals surface area contributed by atoms with Crippen molar-refractivity contribution in [2.75, 3.05) is 11.9 Å². The molecule has 1 N–H and O–H groups in total. The average molecular weight is 191 g/mol. The molecule has 0 saturated heterocycles. The second-order valence-electron chi connectivity index (χ2n) is 3.08. The lowest BCUT2D eigenvalue weighted by Gasteiger charge is -1.97. The second-order valence-corrected chi connectivity index (χ2v) is 4.16. The van der Waals surface area contributed by atoms with Crippen molar-refractivity contribution >= 4 is 26.4 Å². The summed E-state index contributed by atoms with van der Waals surface area (Å²) < 4.78 is 1.36. The van der Waals surface area contributed by atoms with Crippen LogP contribution in [0.15, 0.2) is 30.3 Å². The highest BCUT2D eigenvalue weighted by Gasteiger charge is 1.98. The Balaban J connectivity index is 2.28. The van der Waals surface area contributed by atoms with Crippen LogP contribution in [0, 0.1) is 0 Å². The molecule has 1 nitrogen and oxygen atoms in total. The maximum Gasteiger partial charge on any atom is 0.0894 e. The highest BCUT2D eigenvalue weighted by Crippen LogP contribution is 2.29. The third kappa shape index (κ3) is 1.83. The van der Waals surface area contributed by atoms with Crippen LogP contribution in [-0.2, 0) is 0 Å². The van der Waals surface area contributed by atoms with E-state index in [1.807, 2.05) is 11.3 Å². The van der Waals surface area contributed by atoms with Crippen molar-refractivity contribution in [3.63, 3.8) is 0 Å². The summed E-state index contributed by atoms with van der Waals surface area (Å²) in [5, 5.41) is 6.02. The van der Waals surface area contributed by atoms with E-state index in [2.05, 4.69) is 42.6 Å². The maximum absolute atomic E-state index is 3.40. The monoisotopic (exact) mass is 191 g/mol. The normalized spacial score (nSPS) is 10.5. The van der Waals surface area contributed by atoms with Gasteiger partial charge in [-0.05, 0) is 23.9 Å². The van der Waals surface area contributed by atoms with Crippen molar-refractivity contribution in [1.29, 1.82) is 0 Å². The molecule has 0 aliphatic rings. The molecule has 0 aliphatic carbocycles. The fourth-order valence-corrected chi connectivity index (χ4v) is 2.31. The van der Waals surface area contributed by atoms with E-state index in [4.69, 9.17) is 0 Å². The molecular formula is C11H13NS. The van der Waals surface area contributed by atoms with Crippen LogP contribution in [0.2, 0.25) is 0 Å². The van der Waals surface area contributed by atoms with Crippen LogP contribution < -0.4 is 5.32 Å². The molecule has 13 heavy (non-hydrogen) atoms. The van der Waals surface area contributed by atoms with Gasteiger partial charge in [-0.3, -0.25) is 0 Å². The minimum atomic E-state index is 1.06. The third-order valence-electron chi connectivity index (χ3n) is 1.97. The molecule has 2 aromatic rings. The molecular weight excluding hydrogens is 178 g/mol. The predicted octanol–water partition coefficient (Wildman–Crippen LogP) is 3.72. The average Bonchev–Trinajstić information content (AvgIpc) is 2.57. The minimum absolute atomic E-state index is 1.06. The van der Waals surface area contributed by atoms with E-state index in [0.29, 0.717) is 0 Å². The number of benzene rings is 1. The van der Waals surface area contributed by atoms with Gasteiger partial charge in [-0.1, -0.05) is 25.1 Å². The Hall–Kier alpha value is -1.02. The molecule has 0 saturated carbocycles. The van der Waals surface area contributed by atoms with Gasteiger partial charge in [-0.15, -0.1) is 11.3 Å². The van der Waals surface area contributed by atoms with Gasteiger partial charge in [0.2, 0.25) is 0 Å². The summed E-state index contributed by atoms with van der Waals surface area (Å²) >= 11 is 1.83. The topological polar surface area (TPSA) is 12.0 Å². The summed E-state index contributed by atoms with van der Waals surface area (Å²) in [6.07, 6.45) is 1.17. The molecule has 0 bridgehead atoms. The number of fused-ring (bicyclic) bond motifs is 1. The van der Waals surface area contributed by atoms with Gasteiger partial charge in [0.05, 0.1) is 5.00 Å². The number of thiophene rings is 1. The molecule has 0 atom stereocenters. The lowest BCUT2D eigenvalue weighted by Crippen LogP contribution is -1.96. The highest BCUT2D eigenvalue weighted by atomic mass is 32.1. The van der Waals surface area contributed by atoms with Crippen LogP contribution >= 0.6 is 11.3 Å². The standard InChI is InChI=1S/C11H13NS/c1-2-7-12-11-8-9-5-3-4-6-10(9)13-11/h3-6,8,12H,2,7H2,1H3. The molecule has 0 amide bonds. The molecule has 1 heterocycles. The van der Waals surface area contributed by atoms with Gasteiger partial charge in [0, 0.05) is 11.2 Å². The first-order valence-corrected chi connectivity index (χ1v) is 5.44. The molecule has 0 aliphatic heterocycles. The summed E-state index contributed by atoms with van der Waals surface area (Å²) in [7, 11) is 0. The molecule has 2 rings (SSSR count). The summed E-state index contributed by atoms with van der Waals surface area (Å²) in [5.74, 6) is 0. The fraction of sp³-hybridized carbons (Fsp3) is 0.273. The number of anilines is 1. The molecule has 1 aromatic heterocycles. The van der Waals surface area contributed by atoms with Crippen LogP contribution in [0.25, 0.3) is 10.1 Å². The lowest BCUT2D eigenvalue weighted by molar-refractivity contribution is 0.984. The third-order valence-corrected chi connectivity index (χ3v) is 3.05. The van der Waals surface area contributed by atoms with Gasteiger partial charge in [0.25, 0.3) is 0 Å². The van der Waals surface area contributed by atoms with Crippen molar-refractivity contribution in [3.8, 4) is 0 Å². The smallest absolute Gasteiger partial charge is 0.0894 e. The number of nitrogens with one attached hydrogen (secondary N) is 1. The fourth-order valence-electron chi connectivity index (χ4n) is 1.32. The zero-order valence-electron chi connectivity index (χ0n) is 7.71. The summed E-state index contributed by atoms with van der Waals surface area (Å²) in [5.41, 5.74) is 0. The van der Waals surface area contributed by atoms with Gasteiger partial charge in [-0.25, -0.2) is 0 Å². The molecule has 1 aromatic carbocycles. The molecule has 0 radical (unpaired) electrons. The molecule has 0 spiro atoms. The highest BCUT2D eigenvalue weighted by molar-refractivity contribution is 7.22. The van der Waals surface area contributed by atoms with E-state index >= 15 is 0 Å². The van der Waals surface area contributed by atoms with E-state index in [1.165, 1.54) is 21.5 Å². The Labute approximate surface area is 82.4 Å². The van der Waals surface area contributed by atoms with E-state index in [9.17, 15) is 0 Å². The van der Waals surface area contributed by atoms with Crippen molar-refractivity contribution in [3.05, 3.63) is 30.3 Å². The van der Waals surface area contributed by atoms with E-state index in [0.717, 1.165) is 6.54 Å². The quantitative estimate of drug-likeness (QED) is 0.779. The van der Waals surface area contributed by atoms with Crippen molar-refractivity contribution in [2.24, 2.45) is 0 Å². The van der Waals surface area contributed by atoms with Crippen LogP contribution in [0.4, 0.5) is 5.00 Å². The van der Waals surface area contributed by atoms with Crippen LogP contribution in [0.5, 0.6) is 0 Å². The second kappa shape index (κ2) is 3.79. The number of hydrogen-bond donors (Lipinski definition) is 1. The molecule has 2 heteroatoms. The lowest BCUT2D eigenvalue weighted by atomic mass is 10.3. The zero-order chi connectivity index (χ0) is 9.10. The summed E-state index contributed by atoms with van der Waals surface area (Å²) in [6.45, 7) is 3.24. The van der Waals surface area contributed by atoms with Crippen LogP contribution in [0.1, 0.15) is 13.3 Å². The SMILES string of the molecule is CCCNc1cc2ccccc2s1. The van der Waals surface area contributed by atoms with E-state index < -0.39 is 0 Å². The van der Waals surface area contributed by atoms with Crippen LogP contribution in [0.3, 0.4) is 0 Å². The number of rotatable bonds is 3. The van der Waals surface area contributed by atoms with E-state index in [1.54, 1.807) is 0 Å². The zero-order valence-corrected chi connectivity index (χ0v) is 8.53. The maximum atomic E-state index is 3.40. The van der Waals surface area contributed by atoms with Crippen molar-refractivity contribution < 1.29 is 0 Å². The van der Waals surface area contributed by atoms with E-state index in [-0.39, 0.29) is 0 Å². The first-order valence-electron chi connectivity index (χ1n) is 4.62. The van der Waals surface area contributed by atoms with Gasteiger partial charge >= 0.3 is 0 Å². The molecule has 68 valence electrons. The Morgan fingerprint density at radius 3 is 2.92 bits per heavy atom. The van der Waals surface area contributed by atoms with Gasteiger partial charge in [0.1, 0.15) is 0 Å². The van der Waals surface area contributed by atoms with Gasteiger partial charge in [0.15, 0.2) is 0 Å². The Morgan fingerprint density at radius 1 is 1.31 bits per heavy atom. The minimum Gasteiger partial charge on any atom is -0.377 e. The largest absolute Gasteiger partial charge is 0.377 e. The summed E-state index contributed by atoms with van der Waals surface area (Å²) in [6, 6.07) is 10.7. The first-order chi connectivity index (χ1) is 6.40. The summed E-state index contributed by atoms with van der Waals surface area (Å²) in [4.78, 5) is 0. The van der Waals surface area contributed by atoms with Gasteiger partial charge < -0.3 is 5.32 Å². The van der Waals surface area contributed by atoms with Crippen molar-refractivity contribution in [2.45, 2.75) is 13.3 Å². The Bertz CT molecular complexity index is 359. The predicted molar refractivity (Wildman–Crippen MR) is 60.6 cm³/mol. The Kier molecular flexibility index (Phi) is 2.50.